The van der Waals surface area contributed by atoms with E-state index in [1.165, 1.54) is 6.92 Å². The Bertz CT molecular complexity index is 495. The molecule has 18 heavy (non-hydrogen) atoms. The molecule has 1 heterocycles. The Morgan fingerprint density at radius 2 is 2.17 bits per heavy atom. The van der Waals surface area contributed by atoms with Gasteiger partial charge < -0.3 is 14.8 Å². The number of aromatic nitrogens is 1. The molecule has 1 atom stereocenters. The molecule has 0 saturated heterocycles. The summed E-state index contributed by atoms with van der Waals surface area (Å²) in [7, 11) is 0. The van der Waals surface area contributed by atoms with Gasteiger partial charge in [0.25, 0.3) is 5.56 Å². The molecule has 5 nitrogen and oxygen atoms in total. The summed E-state index contributed by atoms with van der Waals surface area (Å²) in [5.41, 5.74) is -2.34. The highest BCUT2D eigenvalue weighted by molar-refractivity contribution is 5.89. The number of pyridine rings is 1. The summed E-state index contributed by atoms with van der Waals surface area (Å²) in [6.45, 7) is 1.56. The van der Waals surface area contributed by atoms with Crippen molar-refractivity contribution in [3.63, 3.8) is 0 Å². The minimum Gasteiger partial charge on any atom is -0.462 e. The first-order valence-electron chi connectivity index (χ1n) is 4.92. The fourth-order valence-corrected chi connectivity index (χ4v) is 1.21. The van der Waals surface area contributed by atoms with Crippen molar-refractivity contribution in [3.05, 3.63) is 33.7 Å². The molecule has 2 N–H and O–H groups in total. The molecule has 8 heteroatoms. The summed E-state index contributed by atoms with van der Waals surface area (Å²) in [4.78, 5) is 24.4. The first kappa shape index (κ1) is 14.2. The number of carbonyl (C=O) groups excluding carboxylic acids is 1. The van der Waals surface area contributed by atoms with Gasteiger partial charge >= 0.3 is 12.1 Å². The number of nitrogens with one attached hydrogen (secondary N) is 1. The van der Waals surface area contributed by atoms with Crippen LogP contribution < -0.4 is 5.56 Å². The van der Waals surface area contributed by atoms with Crippen LogP contribution in [0.3, 0.4) is 0 Å². The molecule has 100 valence electrons. The average molecular weight is 265 g/mol. The highest BCUT2D eigenvalue weighted by atomic mass is 19.4. The number of alkyl halides is 3. The SMILES string of the molecule is CCOC(=O)c1c[nH]c(=O)c(C(O)C(F)(F)F)c1. The quantitative estimate of drug-likeness (QED) is 0.803. The molecule has 0 bridgehead atoms. The molecule has 1 rings (SSSR count). The third-order valence-electron chi connectivity index (χ3n) is 2.05. The zero-order valence-electron chi connectivity index (χ0n) is 9.25. The van der Waals surface area contributed by atoms with E-state index in [0.29, 0.717) is 6.07 Å². The van der Waals surface area contributed by atoms with Crippen molar-refractivity contribution in [2.75, 3.05) is 6.61 Å². The Morgan fingerprint density at radius 3 is 2.67 bits per heavy atom. The molecule has 0 saturated carbocycles. The first-order chi connectivity index (χ1) is 8.27. The largest absolute Gasteiger partial charge is 0.462 e. The van der Waals surface area contributed by atoms with E-state index in [-0.39, 0.29) is 12.2 Å². The maximum Gasteiger partial charge on any atom is 0.418 e. The molecular weight excluding hydrogens is 255 g/mol. The van der Waals surface area contributed by atoms with Crippen LogP contribution in [0.25, 0.3) is 0 Å². The summed E-state index contributed by atoms with van der Waals surface area (Å²) in [6, 6.07) is 0.662. The predicted molar refractivity (Wildman–Crippen MR) is 54.0 cm³/mol. The molecule has 0 amide bonds. The number of halogens is 3. The molecule has 1 unspecified atom stereocenters. The van der Waals surface area contributed by atoms with E-state index in [0.717, 1.165) is 6.20 Å². The van der Waals surface area contributed by atoms with Crippen LogP contribution >= 0.6 is 0 Å². The summed E-state index contributed by atoms with van der Waals surface area (Å²) in [5.74, 6) is -0.885. The van der Waals surface area contributed by atoms with Crippen LogP contribution in [-0.4, -0.2) is 28.8 Å². The fraction of sp³-hybridized carbons (Fsp3) is 0.400. The van der Waals surface area contributed by atoms with Crippen LogP contribution in [-0.2, 0) is 4.74 Å². The number of carbonyl (C=O) groups is 1. The fourth-order valence-electron chi connectivity index (χ4n) is 1.21. The van der Waals surface area contributed by atoms with Gasteiger partial charge in [-0.3, -0.25) is 4.79 Å². The van der Waals surface area contributed by atoms with Crippen LogP contribution in [0.5, 0.6) is 0 Å². The van der Waals surface area contributed by atoms with Gasteiger partial charge in [0.15, 0.2) is 6.10 Å². The first-order valence-corrected chi connectivity index (χ1v) is 4.92. The molecule has 0 aliphatic carbocycles. The third-order valence-corrected chi connectivity index (χ3v) is 2.05. The van der Waals surface area contributed by atoms with Crippen molar-refractivity contribution >= 4 is 5.97 Å². The van der Waals surface area contributed by atoms with Gasteiger partial charge in [0, 0.05) is 6.20 Å². The molecule has 0 fully saturated rings. The monoisotopic (exact) mass is 265 g/mol. The lowest BCUT2D eigenvalue weighted by atomic mass is 10.1. The number of aliphatic hydroxyl groups is 1. The third kappa shape index (κ3) is 3.10. The van der Waals surface area contributed by atoms with E-state index in [1.54, 1.807) is 0 Å². The van der Waals surface area contributed by atoms with Gasteiger partial charge in [-0.25, -0.2) is 4.79 Å². The van der Waals surface area contributed by atoms with E-state index in [9.17, 15) is 22.8 Å². The summed E-state index contributed by atoms with van der Waals surface area (Å²) >= 11 is 0. The number of esters is 1. The molecular formula is C10H10F3NO4. The van der Waals surface area contributed by atoms with Gasteiger partial charge in [-0.15, -0.1) is 0 Å². The standard InChI is InChI=1S/C10H10F3NO4/c1-2-18-9(17)5-3-6(8(16)14-4-5)7(15)10(11,12)13/h3-4,7,15H,2H2,1H3,(H,14,16). The number of hydrogen-bond acceptors (Lipinski definition) is 4. The van der Waals surface area contributed by atoms with Crippen LogP contribution in [0, 0.1) is 0 Å². The number of H-pyrrole nitrogens is 1. The second-order valence-electron chi connectivity index (χ2n) is 3.34. The molecule has 1 aromatic rings. The van der Waals surface area contributed by atoms with Gasteiger partial charge in [-0.2, -0.15) is 13.2 Å². The maximum atomic E-state index is 12.3. The van der Waals surface area contributed by atoms with Crippen molar-refractivity contribution in [1.29, 1.82) is 0 Å². The molecule has 0 radical (unpaired) electrons. The van der Waals surface area contributed by atoms with E-state index in [4.69, 9.17) is 5.11 Å². The molecule has 0 spiro atoms. The van der Waals surface area contributed by atoms with E-state index >= 15 is 0 Å². The van der Waals surface area contributed by atoms with Gasteiger partial charge in [0.05, 0.1) is 17.7 Å². The lowest BCUT2D eigenvalue weighted by Crippen LogP contribution is -2.27. The number of ether oxygens (including phenoxy) is 1. The van der Waals surface area contributed by atoms with Crippen molar-refractivity contribution in [3.8, 4) is 0 Å². The number of hydrogen-bond donors (Lipinski definition) is 2. The van der Waals surface area contributed by atoms with E-state index in [2.05, 4.69) is 4.74 Å². The van der Waals surface area contributed by atoms with E-state index < -0.39 is 29.4 Å². The van der Waals surface area contributed by atoms with Crippen LogP contribution in [0.1, 0.15) is 28.9 Å². The number of aromatic amines is 1. The second-order valence-corrected chi connectivity index (χ2v) is 3.34. The van der Waals surface area contributed by atoms with Crippen molar-refractivity contribution in [2.45, 2.75) is 19.2 Å². The lowest BCUT2D eigenvalue weighted by molar-refractivity contribution is -0.207. The number of rotatable bonds is 3. The van der Waals surface area contributed by atoms with Gasteiger partial charge in [0.2, 0.25) is 0 Å². The Morgan fingerprint density at radius 1 is 1.56 bits per heavy atom. The maximum absolute atomic E-state index is 12.3. The summed E-state index contributed by atoms with van der Waals surface area (Å²) < 4.78 is 41.4. The van der Waals surface area contributed by atoms with Crippen molar-refractivity contribution < 1.29 is 27.8 Å². The summed E-state index contributed by atoms with van der Waals surface area (Å²) in [5, 5.41) is 8.98. The van der Waals surface area contributed by atoms with Gasteiger partial charge in [-0.1, -0.05) is 0 Å². The number of aliphatic hydroxyl groups excluding tert-OH is 1. The highest BCUT2D eigenvalue weighted by Gasteiger charge is 2.41. The Labute approximate surface area is 99.2 Å². The molecule has 0 aliphatic heterocycles. The Kier molecular flexibility index (Phi) is 4.12. The zero-order valence-corrected chi connectivity index (χ0v) is 9.25. The van der Waals surface area contributed by atoms with Crippen LogP contribution in [0.4, 0.5) is 13.2 Å². The average Bonchev–Trinajstić information content (AvgIpc) is 2.27. The van der Waals surface area contributed by atoms with Crippen molar-refractivity contribution in [2.24, 2.45) is 0 Å². The van der Waals surface area contributed by atoms with Gasteiger partial charge in [0.1, 0.15) is 0 Å². The smallest absolute Gasteiger partial charge is 0.418 e. The minimum absolute atomic E-state index is 0.0368. The highest BCUT2D eigenvalue weighted by Crippen LogP contribution is 2.30. The second kappa shape index (κ2) is 5.21. The normalized spacial score (nSPS) is 13.2. The molecule has 1 aromatic heterocycles. The van der Waals surface area contributed by atoms with Gasteiger partial charge in [-0.05, 0) is 13.0 Å². The minimum atomic E-state index is -4.99. The lowest BCUT2D eigenvalue weighted by Gasteiger charge is -2.14. The Balaban J connectivity index is 3.17. The predicted octanol–water partition coefficient (Wildman–Crippen LogP) is 1.15. The molecule has 0 aliphatic rings. The molecule has 0 aromatic carbocycles. The van der Waals surface area contributed by atoms with Crippen LogP contribution in [0.15, 0.2) is 17.1 Å². The van der Waals surface area contributed by atoms with Crippen LogP contribution in [0.2, 0.25) is 0 Å². The van der Waals surface area contributed by atoms with E-state index in [1.807, 2.05) is 4.98 Å². The Hall–Kier alpha value is -1.83. The zero-order chi connectivity index (χ0) is 13.9. The summed E-state index contributed by atoms with van der Waals surface area (Å²) in [6.07, 6.45) is -7.01. The van der Waals surface area contributed by atoms with Crippen molar-refractivity contribution in [1.82, 2.24) is 4.98 Å². The topological polar surface area (TPSA) is 79.4 Å².